The molecule has 1 fully saturated rings. The number of fused-ring (bicyclic) bond motifs is 4. The minimum absolute atomic E-state index is 0.248. The van der Waals surface area contributed by atoms with Gasteiger partial charge in [-0.2, -0.15) is 10.2 Å². The van der Waals surface area contributed by atoms with E-state index >= 15 is 0 Å². The van der Waals surface area contributed by atoms with Crippen molar-refractivity contribution in [2.45, 2.75) is 76.3 Å². The van der Waals surface area contributed by atoms with Gasteiger partial charge in [-0.05, 0) is 129 Å². The number of anilines is 4. The minimum Gasteiger partial charge on any atom is -0.390 e. The highest BCUT2D eigenvalue weighted by Gasteiger charge is 2.50. The lowest BCUT2D eigenvalue weighted by Crippen LogP contribution is -2.35. The first-order valence-electron chi connectivity index (χ1n) is 20.8. The van der Waals surface area contributed by atoms with Crippen LogP contribution < -0.4 is 22.9 Å². The van der Waals surface area contributed by atoms with Crippen LogP contribution in [-0.2, 0) is 12.8 Å². The van der Waals surface area contributed by atoms with E-state index in [-0.39, 0.29) is 5.92 Å². The molecule has 2 aromatic carbocycles. The molecule has 10 rings (SSSR count). The van der Waals surface area contributed by atoms with Crippen LogP contribution in [-0.4, -0.2) is 84.0 Å². The van der Waals surface area contributed by atoms with Crippen molar-refractivity contribution in [3.8, 4) is 0 Å². The van der Waals surface area contributed by atoms with Crippen molar-refractivity contribution in [1.29, 1.82) is 0 Å². The van der Waals surface area contributed by atoms with E-state index in [4.69, 9.17) is 22.9 Å². The summed E-state index contributed by atoms with van der Waals surface area (Å²) in [5.41, 5.74) is 30.1. The van der Waals surface area contributed by atoms with E-state index in [9.17, 15) is 20.4 Å². The third kappa shape index (κ3) is 7.81. The largest absolute Gasteiger partial charge is 0.390 e. The van der Waals surface area contributed by atoms with Gasteiger partial charge in [0.2, 0.25) is 0 Å². The summed E-state index contributed by atoms with van der Waals surface area (Å²) in [6.45, 7) is 4.00. The van der Waals surface area contributed by atoms with Crippen LogP contribution in [0, 0.1) is 10.8 Å². The number of nitrogens with zero attached hydrogens (tertiary/aromatic N) is 8. The molecular weight excluding hydrogens is 944 g/mol. The SMILES string of the molecule is C[C@]1(CCc2ccc3cc(Br)c(N)nc3c2)C=C(c2ccc3c(N)ncnn23)[C@H](O)[C@@H]1O.C[C@]1(CCc2ccc3cc(Br)c(N)nc3c2)C[C@@H](c2ccc3c(N)ncnn23)[C@H](O)[C@@H]1O. The molecule has 0 unspecified atom stereocenters. The fourth-order valence-electron chi connectivity index (χ4n) is 9.39. The molecule has 0 spiro atoms. The molecule has 6 heterocycles. The van der Waals surface area contributed by atoms with Crippen molar-refractivity contribution >= 4 is 93.5 Å². The number of hydrogen-bond donors (Lipinski definition) is 8. The molecule has 0 saturated heterocycles. The van der Waals surface area contributed by atoms with E-state index in [0.29, 0.717) is 64.8 Å². The summed E-state index contributed by atoms with van der Waals surface area (Å²) < 4.78 is 4.92. The number of rotatable bonds is 8. The maximum Gasteiger partial charge on any atom is 0.151 e. The first-order valence-corrected chi connectivity index (χ1v) is 22.4. The summed E-state index contributed by atoms with van der Waals surface area (Å²) in [6.07, 6.45) is 4.51. The van der Waals surface area contributed by atoms with Crippen LogP contribution in [0.25, 0.3) is 38.4 Å². The number of aliphatic hydroxyl groups is 4. The van der Waals surface area contributed by atoms with Gasteiger partial charge in [-0.1, -0.05) is 44.2 Å². The van der Waals surface area contributed by atoms with E-state index in [1.165, 1.54) is 12.7 Å². The summed E-state index contributed by atoms with van der Waals surface area (Å²) >= 11 is 6.82. The smallest absolute Gasteiger partial charge is 0.151 e. The Morgan fingerprint density at radius 2 is 1.20 bits per heavy atom. The highest BCUT2D eigenvalue weighted by molar-refractivity contribution is 9.11. The number of nitrogens with two attached hydrogens (primary N) is 4. The molecule has 7 atom stereocenters. The number of aryl methyl sites for hydroxylation is 2. The van der Waals surface area contributed by atoms with Gasteiger partial charge in [0.15, 0.2) is 11.6 Å². The van der Waals surface area contributed by atoms with Crippen molar-refractivity contribution in [2.24, 2.45) is 10.8 Å². The zero-order valence-corrected chi connectivity index (χ0v) is 38.2. The molecule has 8 aromatic rings. The number of pyridine rings is 2. The van der Waals surface area contributed by atoms with Crippen molar-refractivity contribution < 1.29 is 20.4 Å². The minimum atomic E-state index is -1.02. The van der Waals surface area contributed by atoms with E-state index in [1.54, 1.807) is 9.03 Å². The molecule has 2 aliphatic rings. The average Bonchev–Trinajstić information content (AvgIpc) is 4.02. The Morgan fingerprint density at radius 1 is 0.656 bits per heavy atom. The Labute approximate surface area is 384 Å². The summed E-state index contributed by atoms with van der Waals surface area (Å²) in [6, 6.07) is 23.6. The molecule has 64 heavy (non-hydrogen) atoms. The Kier molecular flexibility index (Phi) is 11.3. The molecule has 0 radical (unpaired) electrons. The summed E-state index contributed by atoms with van der Waals surface area (Å²) in [5.74, 6) is 1.41. The van der Waals surface area contributed by atoms with Crippen LogP contribution >= 0.6 is 31.9 Å². The lowest BCUT2D eigenvalue weighted by atomic mass is 9.80. The second-order valence-corrected chi connectivity index (χ2v) is 19.2. The lowest BCUT2D eigenvalue weighted by molar-refractivity contribution is -0.0204. The Balaban J connectivity index is 0.000000162. The van der Waals surface area contributed by atoms with Crippen LogP contribution in [0.3, 0.4) is 0 Å². The number of aromatic nitrogens is 8. The molecule has 0 amide bonds. The van der Waals surface area contributed by atoms with Gasteiger partial charge < -0.3 is 43.4 Å². The van der Waals surface area contributed by atoms with Crippen molar-refractivity contribution in [1.82, 2.24) is 39.2 Å². The molecule has 18 heteroatoms. The molecular formula is C46H48Br2N12O4. The van der Waals surface area contributed by atoms with Crippen molar-refractivity contribution in [3.05, 3.63) is 123 Å². The van der Waals surface area contributed by atoms with Crippen LogP contribution in [0.5, 0.6) is 0 Å². The molecule has 2 aliphatic carbocycles. The summed E-state index contributed by atoms with van der Waals surface area (Å²) in [7, 11) is 0. The first kappa shape index (κ1) is 43.5. The third-order valence-corrected chi connectivity index (χ3v) is 14.5. The fraction of sp³-hybridized carbons (Fsp3) is 0.304. The molecule has 6 aromatic heterocycles. The van der Waals surface area contributed by atoms with Crippen molar-refractivity contribution in [2.75, 3.05) is 22.9 Å². The van der Waals surface area contributed by atoms with E-state index in [0.717, 1.165) is 60.4 Å². The standard InChI is InChI=1S/C23H25BrN6O2.C23H23BrN6O2/c2*1-23(7-6-12-2-3-13-9-15(24)21(25)29-16(13)8-12)10-14(19(31)20(23)32)17-4-5-18-22(26)27-11-28-30(17)18/h2-5,8-9,11,14,19-20,31-32H,6-7,10H2,1H3,(H2,25,29)(H2,26,27,28);2-5,8-11,19-20,31-32H,6-7H2,1H3,(H2,25,29)(H2,26,27,28)/t14-,19-,20-,23-;19-,20-,23-/m00/s1. The summed E-state index contributed by atoms with van der Waals surface area (Å²) in [4.78, 5) is 16.9. The number of nitrogen functional groups attached to an aromatic ring is 4. The average molecular weight is 993 g/mol. The topological polar surface area (TPSA) is 271 Å². The monoisotopic (exact) mass is 990 g/mol. The molecule has 0 bridgehead atoms. The zero-order chi connectivity index (χ0) is 45.2. The highest BCUT2D eigenvalue weighted by atomic mass is 79.9. The van der Waals surface area contributed by atoms with Gasteiger partial charge in [0.25, 0.3) is 0 Å². The maximum absolute atomic E-state index is 11.0. The first-order chi connectivity index (χ1) is 30.5. The quantitative estimate of drug-likeness (QED) is 0.0866. The number of benzene rings is 2. The molecule has 1 saturated carbocycles. The predicted octanol–water partition coefficient (Wildman–Crippen LogP) is 6.01. The molecule has 330 valence electrons. The molecule has 12 N–H and O–H groups in total. The van der Waals surface area contributed by atoms with Crippen LogP contribution in [0.4, 0.5) is 23.3 Å². The normalized spacial score (nSPS) is 24.4. The van der Waals surface area contributed by atoms with Gasteiger partial charge in [0, 0.05) is 33.4 Å². The molecule has 16 nitrogen and oxygen atoms in total. The maximum atomic E-state index is 11.0. The van der Waals surface area contributed by atoms with Gasteiger partial charge in [0.1, 0.15) is 41.4 Å². The Bertz CT molecular complexity index is 3120. The van der Waals surface area contributed by atoms with Gasteiger partial charge in [-0.25, -0.2) is 29.0 Å². The van der Waals surface area contributed by atoms with Gasteiger partial charge in [-0.3, -0.25) is 0 Å². The molecule has 0 aliphatic heterocycles. The van der Waals surface area contributed by atoms with Gasteiger partial charge in [-0.15, -0.1) is 0 Å². The predicted molar refractivity (Wildman–Crippen MR) is 255 cm³/mol. The second-order valence-electron chi connectivity index (χ2n) is 17.5. The number of halogens is 2. The van der Waals surface area contributed by atoms with Gasteiger partial charge in [0.05, 0.1) is 44.0 Å². The fourth-order valence-corrected chi connectivity index (χ4v) is 10.1. The zero-order valence-electron chi connectivity index (χ0n) is 35.0. The van der Waals surface area contributed by atoms with Crippen LogP contribution in [0.15, 0.2) is 100 Å². The highest BCUT2D eigenvalue weighted by Crippen LogP contribution is 2.50. The third-order valence-electron chi connectivity index (χ3n) is 13.2. The van der Waals surface area contributed by atoms with E-state index < -0.39 is 35.2 Å². The van der Waals surface area contributed by atoms with Crippen LogP contribution in [0.1, 0.15) is 61.5 Å². The summed E-state index contributed by atoms with van der Waals surface area (Å²) in [5, 5.41) is 54.3. The Morgan fingerprint density at radius 3 is 1.81 bits per heavy atom. The van der Waals surface area contributed by atoms with E-state index in [2.05, 4.69) is 74.1 Å². The van der Waals surface area contributed by atoms with Gasteiger partial charge >= 0.3 is 0 Å². The Hall–Kier alpha value is -5.76. The van der Waals surface area contributed by atoms with Crippen LogP contribution in [0.2, 0.25) is 0 Å². The number of aliphatic hydroxyl groups excluding tert-OH is 4. The van der Waals surface area contributed by atoms with Crippen molar-refractivity contribution in [3.63, 3.8) is 0 Å². The number of hydrogen-bond acceptors (Lipinski definition) is 14. The second kappa shape index (κ2) is 16.7. The van der Waals surface area contributed by atoms with E-state index in [1.807, 2.05) is 80.6 Å². The lowest BCUT2D eigenvalue weighted by Gasteiger charge is -2.28.